The van der Waals surface area contributed by atoms with E-state index in [9.17, 15) is 4.80 Å². The lowest BCUT2D eigenvalue weighted by molar-refractivity contribution is 0.0856. The molecule has 0 unspecified atom stereocenters. The first-order valence-corrected chi connectivity index (χ1v) is 8.25. The zero-order valence-electron chi connectivity index (χ0n) is 11.6. The van der Waals surface area contributed by atoms with Crippen LogP contribution in [0.25, 0.3) is 0 Å². The second kappa shape index (κ2) is 5.29. The minimum Gasteiger partial charge on any atom is -0.381 e. The van der Waals surface area contributed by atoms with E-state index in [1.165, 1.54) is 0 Å². The number of rotatable bonds is 3. The normalized spacial score (nSPS) is 12.4. The number of hydrogen-bond acceptors (Lipinski definition) is 1. The van der Waals surface area contributed by atoms with Crippen LogP contribution in [0.3, 0.4) is 0 Å². The molecule has 0 saturated carbocycles. The van der Waals surface area contributed by atoms with Gasteiger partial charge in [-0.05, 0) is 20.8 Å². The molecular weight excluding hydrogens is 252 g/mol. The van der Waals surface area contributed by atoms with Crippen LogP contribution in [0.1, 0.15) is 20.8 Å². The van der Waals surface area contributed by atoms with Crippen molar-refractivity contribution in [2.75, 3.05) is 0 Å². The second-order valence-corrected chi connectivity index (χ2v) is 8.16. The van der Waals surface area contributed by atoms with E-state index in [2.05, 4.69) is 0 Å². The third kappa shape index (κ3) is 3.32. The molecule has 0 heterocycles. The van der Waals surface area contributed by atoms with E-state index < -0.39 is 14.2 Å². The van der Waals surface area contributed by atoms with E-state index in [0.29, 0.717) is 0 Å². The van der Waals surface area contributed by atoms with Crippen molar-refractivity contribution in [3.8, 4) is 0 Å². The van der Waals surface area contributed by atoms with Gasteiger partial charge in [0.05, 0.1) is 5.60 Å². The van der Waals surface area contributed by atoms with Gasteiger partial charge in [-0.25, -0.2) is 4.80 Å². The van der Waals surface area contributed by atoms with Crippen molar-refractivity contribution in [2.24, 2.45) is 0 Å². The van der Waals surface area contributed by atoms with Crippen LogP contribution in [0, 0.1) is 0 Å². The predicted molar refractivity (Wildman–Crippen MR) is 79.4 cm³/mol. The summed E-state index contributed by atoms with van der Waals surface area (Å²) in [6.07, 6.45) is 0. The summed E-state index contributed by atoms with van der Waals surface area (Å²) in [6.45, 7) is 5.79. The van der Waals surface area contributed by atoms with E-state index in [1.54, 1.807) is 0 Å². The highest BCUT2D eigenvalue weighted by molar-refractivity contribution is 6.91. The fraction of sp³-hybridized carbons (Fsp3) is 0.250. The molecule has 2 aromatic carbocycles. The van der Waals surface area contributed by atoms with Crippen molar-refractivity contribution in [3.63, 3.8) is 0 Å². The zero-order valence-corrected chi connectivity index (χ0v) is 12.6. The molecule has 2 rings (SSSR count). The van der Waals surface area contributed by atoms with Crippen LogP contribution >= 0.6 is 0 Å². The predicted octanol–water partition coefficient (Wildman–Crippen LogP) is 2.49. The molecule has 19 heavy (non-hydrogen) atoms. The van der Waals surface area contributed by atoms with Gasteiger partial charge >= 0.3 is 8.56 Å². The largest absolute Gasteiger partial charge is 0.438 e. The van der Waals surface area contributed by atoms with Gasteiger partial charge in [-0.2, -0.15) is 0 Å². The molecule has 2 nitrogen and oxygen atoms in total. The van der Waals surface area contributed by atoms with Crippen LogP contribution in [0.4, 0.5) is 0 Å². The average Bonchev–Trinajstić information content (AvgIpc) is 2.39. The second-order valence-electron chi connectivity index (χ2n) is 5.56. The van der Waals surface area contributed by atoms with E-state index in [1.807, 2.05) is 81.4 Å². The summed E-state index contributed by atoms with van der Waals surface area (Å²) in [5, 5.41) is 1.52. The van der Waals surface area contributed by atoms with Crippen LogP contribution in [-0.2, 0) is 9.22 Å². The summed E-state index contributed by atoms with van der Waals surface area (Å²) in [6, 6.07) is 18.9. The van der Waals surface area contributed by atoms with E-state index >= 15 is 0 Å². The molecule has 0 spiro atoms. The first kappa shape index (κ1) is 14.0. The van der Waals surface area contributed by atoms with Gasteiger partial charge in [-0.3, -0.25) is 0 Å². The van der Waals surface area contributed by atoms with E-state index in [0.717, 1.165) is 10.4 Å². The molecule has 0 fully saturated rings. The van der Waals surface area contributed by atoms with Gasteiger partial charge in [0.2, 0.25) is 0 Å². The van der Waals surface area contributed by atoms with Crippen LogP contribution < -0.4 is 10.4 Å². The van der Waals surface area contributed by atoms with Crippen molar-refractivity contribution in [3.05, 3.63) is 60.7 Å². The van der Waals surface area contributed by atoms with E-state index in [-0.39, 0.29) is 0 Å². The summed E-state index contributed by atoms with van der Waals surface area (Å²) < 4.78 is 5.98. The van der Waals surface area contributed by atoms with Crippen LogP contribution in [-0.4, -0.2) is 14.2 Å². The zero-order chi connectivity index (χ0) is 13.9. The highest BCUT2D eigenvalue weighted by Gasteiger charge is 2.44. The lowest BCUT2D eigenvalue weighted by Crippen LogP contribution is -2.62. The Morgan fingerprint density at radius 2 is 1.16 bits per heavy atom. The van der Waals surface area contributed by atoms with E-state index in [4.69, 9.17) is 4.43 Å². The molecule has 0 bridgehead atoms. The minimum atomic E-state index is -3.39. The fourth-order valence-electron chi connectivity index (χ4n) is 2.03. The van der Waals surface area contributed by atoms with Crippen LogP contribution in [0.2, 0.25) is 0 Å². The lowest BCUT2D eigenvalue weighted by atomic mass is 10.2. The molecule has 0 aliphatic heterocycles. The molecule has 0 aromatic heterocycles. The number of benzene rings is 2. The molecule has 0 aliphatic carbocycles. The van der Waals surface area contributed by atoms with Crippen LogP contribution in [0.5, 0.6) is 0 Å². The molecule has 0 aliphatic rings. The molecule has 3 heteroatoms. The SMILES string of the molecule is CC(C)(C)O[Si]([O])(c1ccccc1)c1ccccc1. The highest BCUT2D eigenvalue weighted by atomic mass is 28.4. The smallest absolute Gasteiger partial charge is 0.381 e. The lowest BCUT2D eigenvalue weighted by Gasteiger charge is -2.31. The maximum atomic E-state index is 13.4. The molecule has 0 amide bonds. The van der Waals surface area contributed by atoms with Gasteiger partial charge in [0.1, 0.15) is 0 Å². The van der Waals surface area contributed by atoms with Gasteiger partial charge < -0.3 is 4.43 Å². The van der Waals surface area contributed by atoms with Gasteiger partial charge in [0, 0.05) is 10.4 Å². The van der Waals surface area contributed by atoms with Crippen molar-refractivity contribution in [1.29, 1.82) is 0 Å². The van der Waals surface area contributed by atoms with Crippen molar-refractivity contribution in [2.45, 2.75) is 26.4 Å². The molecular formula is C16H19O2Si. The third-order valence-electron chi connectivity index (χ3n) is 2.76. The van der Waals surface area contributed by atoms with Crippen molar-refractivity contribution in [1.82, 2.24) is 0 Å². The van der Waals surface area contributed by atoms with Gasteiger partial charge in [-0.15, -0.1) is 0 Å². The molecule has 0 atom stereocenters. The Hall–Kier alpha value is -1.42. The van der Waals surface area contributed by atoms with Gasteiger partial charge in [0.15, 0.2) is 0 Å². The summed E-state index contributed by atoms with van der Waals surface area (Å²) in [5.41, 5.74) is -0.459. The first-order chi connectivity index (χ1) is 8.92. The van der Waals surface area contributed by atoms with Crippen LogP contribution in [0.15, 0.2) is 60.7 Å². The quantitative estimate of drug-likeness (QED) is 0.789. The van der Waals surface area contributed by atoms with Gasteiger partial charge in [-0.1, -0.05) is 60.7 Å². The Labute approximate surface area is 115 Å². The Kier molecular flexibility index (Phi) is 3.90. The summed E-state index contributed by atoms with van der Waals surface area (Å²) in [5.74, 6) is 0. The monoisotopic (exact) mass is 271 g/mol. The summed E-state index contributed by atoms with van der Waals surface area (Å²) in [7, 11) is -3.39. The molecule has 2 aromatic rings. The highest BCUT2D eigenvalue weighted by Crippen LogP contribution is 2.15. The minimum absolute atomic E-state index is 0.459. The van der Waals surface area contributed by atoms with Crippen molar-refractivity contribution >= 4 is 18.9 Å². The average molecular weight is 271 g/mol. The summed E-state index contributed by atoms with van der Waals surface area (Å²) in [4.78, 5) is 13.4. The summed E-state index contributed by atoms with van der Waals surface area (Å²) >= 11 is 0. The maximum absolute atomic E-state index is 13.4. The maximum Gasteiger partial charge on any atom is 0.438 e. The molecule has 99 valence electrons. The molecule has 1 radical (unpaired) electrons. The van der Waals surface area contributed by atoms with Gasteiger partial charge in [0.25, 0.3) is 0 Å². The number of hydrogen-bond donors (Lipinski definition) is 0. The third-order valence-corrected chi connectivity index (χ3v) is 5.84. The fourth-order valence-corrected chi connectivity index (χ4v) is 4.72. The Morgan fingerprint density at radius 3 is 1.47 bits per heavy atom. The first-order valence-electron chi connectivity index (χ1n) is 6.43. The standard InChI is InChI=1S/C16H19O2Si/c1-16(2,3)18-19(17,14-10-6-4-7-11-14)15-12-8-5-9-13-15/h4-13H,1-3H3. The Morgan fingerprint density at radius 1 is 0.789 bits per heavy atom. The molecule has 0 saturated heterocycles. The molecule has 0 N–H and O–H groups in total. The Balaban J connectivity index is 2.51. The topological polar surface area (TPSA) is 29.1 Å². The Bertz CT molecular complexity index is 478. The van der Waals surface area contributed by atoms with Crippen molar-refractivity contribution < 1.29 is 9.22 Å².